The van der Waals surface area contributed by atoms with Gasteiger partial charge in [0, 0.05) is 17.4 Å². The third kappa shape index (κ3) is 3.99. The average Bonchev–Trinajstić information content (AvgIpc) is 2.41. The van der Waals surface area contributed by atoms with Gasteiger partial charge in [-0.15, -0.1) is 0 Å². The molecule has 1 aromatic heterocycles. The summed E-state index contributed by atoms with van der Waals surface area (Å²) in [6.07, 6.45) is 0. The number of carbonyl (C=O) groups is 1. The summed E-state index contributed by atoms with van der Waals surface area (Å²) in [5.41, 5.74) is 13.0. The molecular weight excluding hydrogens is 290 g/mol. The Morgan fingerprint density at radius 2 is 2.19 bits per heavy atom. The van der Waals surface area contributed by atoms with Gasteiger partial charge in [0.15, 0.2) is 5.16 Å². The summed E-state index contributed by atoms with van der Waals surface area (Å²) in [7, 11) is 0. The molecule has 8 heteroatoms. The molecule has 0 atom stereocenters. The van der Waals surface area contributed by atoms with Crippen molar-refractivity contribution >= 4 is 34.9 Å². The van der Waals surface area contributed by atoms with Crippen molar-refractivity contribution in [1.82, 2.24) is 9.97 Å². The van der Waals surface area contributed by atoms with E-state index in [2.05, 4.69) is 15.3 Å². The van der Waals surface area contributed by atoms with Gasteiger partial charge in [0.05, 0.1) is 5.75 Å². The molecule has 7 nitrogen and oxygen atoms in total. The number of anilines is 3. The van der Waals surface area contributed by atoms with Crippen molar-refractivity contribution in [2.75, 3.05) is 22.5 Å². The summed E-state index contributed by atoms with van der Waals surface area (Å²) < 4.78 is 0. The Hall–Kier alpha value is -2.48. The number of aromatic amines is 1. The van der Waals surface area contributed by atoms with Crippen LogP contribution in [0, 0.1) is 6.92 Å². The van der Waals surface area contributed by atoms with Crippen LogP contribution in [-0.4, -0.2) is 21.6 Å². The Labute approximate surface area is 125 Å². The van der Waals surface area contributed by atoms with E-state index < -0.39 is 0 Å². The van der Waals surface area contributed by atoms with E-state index >= 15 is 0 Å². The number of aromatic nitrogens is 2. The van der Waals surface area contributed by atoms with E-state index in [9.17, 15) is 9.59 Å². The zero-order valence-electron chi connectivity index (χ0n) is 11.3. The number of benzene rings is 1. The minimum atomic E-state index is -0.350. The topological polar surface area (TPSA) is 127 Å². The van der Waals surface area contributed by atoms with Gasteiger partial charge in [0.1, 0.15) is 5.82 Å². The van der Waals surface area contributed by atoms with Crippen LogP contribution in [0.25, 0.3) is 0 Å². The lowest BCUT2D eigenvalue weighted by Crippen LogP contribution is -2.16. The van der Waals surface area contributed by atoms with E-state index in [0.717, 1.165) is 17.3 Å². The third-order valence-corrected chi connectivity index (χ3v) is 3.60. The second kappa shape index (κ2) is 6.31. The molecule has 1 amide bonds. The van der Waals surface area contributed by atoms with E-state index in [1.807, 2.05) is 6.92 Å². The highest BCUT2D eigenvalue weighted by atomic mass is 32.2. The molecule has 0 aliphatic rings. The van der Waals surface area contributed by atoms with E-state index in [1.54, 1.807) is 18.2 Å². The molecule has 0 saturated heterocycles. The van der Waals surface area contributed by atoms with E-state index in [1.165, 1.54) is 6.07 Å². The fraction of sp³-hybridized carbons (Fsp3) is 0.154. The fourth-order valence-corrected chi connectivity index (χ4v) is 2.31. The molecule has 21 heavy (non-hydrogen) atoms. The van der Waals surface area contributed by atoms with Gasteiger partial charge in [0.2, 0.25) is 5.91 Å². The summed E-state index contributed by atoms with van der Waals surface area (Å²) in [6, 6.07) is 6.48. The third-order valence-electron chi connectivity index (χ3n) is 2.73. The molecule has 6 N–H and O–H groups in total. The molecule has 0 radical (unpaired) electrons. The lowest BCUT2D eigenvalue weighted by atomic mass is 10.1. The summed E-state index contributed by atoms with van der Waals surface area (Å²) in [5.74, 6) is -0.00668. The number of hydrogen-bond acceptors (Lipinski definition) is 6. The van der Waals surface area contributed by atoms with Crippen molar-refractivity contribution in [3.8, 4) is 0 Å². The summed E-state index contributed by atoms with van der Waals surface area (Å²) >= 11 is 1.10. The number of nitrogen functional groups attached to an aromatic ring is 2. The molecule has 0 saturated carbocycles. The number of nitrogens with zero attached hydrogens (tertiary/aromatic N) is 1. The minimum Gasteiger partial charge on any atom is -0.398 e. The lowest BCUT2D eigenvalue weighted by molar-refractivity contribution is -0.113. The Morgan fingerprint density at radius 1 is 1.43 bits per heavy atom. The van der Waals surface area contributed by atoms with Gasteiger partial charge in [-0.05, 0) is 24.6 Å². The Balaban J connectivity index is 1.99. The van der Waals surface area contributed by atoms with Crippen molar-refractivity contribution in [2.24, 2.45) is 0 Å². The number of hydrogen-bond donors (Lipinski definition) is 4. The molecule has 1 heterocycles. The molecular formula is C13H15N5O2S. The van der Waals surface area contributed by atoms with Crippen LogP contribution < -0.4 is 22.3 Å². The number of rotatable bonds is 4. The number of nitrogens with one attached hydrogen (secondary N) is 2. The first-order valence-corrected chi connectivity index (χ1v) is 7.09. The molecule has 2 aromatic rings. The van der Waals surface area contributed by atoms with Crippen LogP contribution >= 0.6 is 11.8 Å². The van der Waals surface area contributed by atoms with Crippen LogP contribution in [0.5, 0.6) is 0 Å². The second-order valence-corrected chi connectivity index (χ2v) is 5.30. The van der Waals surface area contributed by atoms with Crippen molar-refractivity contribution < 1.29 is 4.79 Å². The van der Waals surface area contributed by atoms with E-state index in [0.29, 0.717) is 16.5 Å². The van der Waals surface area contributed by atoms with Crippen LogP contribution in [0.15, 0.2) is 34.2 Å². The first-order chi connectivity index (χ1) is 9.95. The Morgan fingerprint density at radius 3 is 2.90 bits per heavy atom. The molecule has 0 aliphatic heterocycles. The van der Waals surface area contributed by atoms with Crippen molar-refractivity contribution in [3.63, 3.8) is 0 Å². The average molecular weight is 305 g/mol. The normalized spacial score (nSPS) is 10.3. The number of nitrogens with two attached hydrogens (primary N) is 2. The second-order valence-electron chi connectivity index (χ2n) is 4.33. The minimum absolute atomic E-state index is 0.0978. The molecule has 1 aromatic carbocycles. The molecule has 110 valence electrons. The van der Waals surface area contributed by atoms with Crippen LogP contribution in [0.3, 0.4) is 0 Å². The van der Waals surface area contributed by atoms with Crippen molar-refractivity contribution in [2.45, 2.75) is 12.1 Å². The summed E-state index contributed by atoms with van der Waals surface area (Å²) in [5, 5.41) is 3.06. The van der Waals surface area contributed by atoms with Crippen molar-refractivity contribution in [3.05, 3.63) is 40.2 Å². The van der Waals surface area contributed by atoms with Crippen molar-refractivity contribution in [1.29, 1.82) is 0 Å². The summed E-state index contributed by atoms with van der Waals surface area (Å²) in [4.78, 5) is 29.6. The largest absolute Gasteiger partial charge is 0.398 e. The molecule has 0 aliphatic carbocycles. The summed E-state index contributed by atoms with van der Waals surface area (Å²) in [6.45, 7) is 1.83. The van der Waals surface area contributed by atoms with Gasteiger partial charge >= 0.3 is 0 Å². The number of amides is 1. The van der Waals surface area contributed by atoms with Gasteiger partial charge < -0.3 is 21.8 Å². The predicted octanol–water partition coefficient (Wildman–Crippen LogP) is 0.974. The smallest absolute Gasteiger partial charge is 0.253 e. The SMILES string of the molecule is Cc1c(N)cccc1NC(=O)CSc1nc(N)cc(=O)[nH]1. The lowest BCUT2D eigenvalue weighted by Gasteiger charge is -2.09. The fourth-order valence-electron chi connectivity index (χ4n) is 1.63. The van der Waals surface area contributed by atoms with Gasteiger partial charge in [-0.25, -0.2) is 4.98 Å². The molecule has 0 fully saturated rings. The molecule has 0 bridgehead atoms. The van der Waals surface area contributed by atoms with Gasteiger partial charge in [-0.1, -0.05) is 17.8 Å². The monoisotopic (exact) mass is 305 g/mol. The highest BCUT2D eigenvalue weighted by Gasteiger charge is 2.08. The number of H-pyrrole nitrogens is 1. The molecule has 0 unspecified atom stereocenters. The standard InChI is InChI=1S/C13H15N5O2S/c1-7-8(14)3-2-4-9(7)16-12(20)6-21-13-17-10(15)5-11(19)18-13/h2-5H,6,14H2,1H3,(H,16,20)(H3,15,17,18,19). The number of thioether (sulfide) groups is 1. The van der Waals surface area contributed by atoms with Crippen LogP contribution in [0.4, 0.5) is 17.2 Å². The van der Waals surface area contributed by atoms with Crippen LogP contribution in [0.2, 0.25) is 0 Å². The van der Waals surface area contributed by atoms with E-state index in [4.69, 9.17) is 11.5 Å². The Kier molecular flexibility index (Phi) is 4.49. The quantitative estimate of drug-likeness (QED) is 0.379. The zero-order valence-corrected chi connectivity index (χ0v) is 12.2. The van der Waals surface area contributed by atoms with Crippen LogP contribution in [0.1, 0.15) is 5.56 Å². The van der Waals surface area contributed by atoms with Gasteiger partial charge in [0.25, 0.3) is 5.56 Å². The van der Waals surface area contributed by atoms with Gasteiger partial charge in [-0.2, -0.15) is 0 Å². The first kappa shape index (κ1) is 14.9. The van der Waals surface area contributed by atoms with Gasteiger partial charge in [-0.3, -0.25) is 9.59 Å². The zero-order chi connectivity index (χ0) is 15.4. The first-order valence-electron chi connectivity index (χ1n) is 6.10. The highest BCUT2D eigenvalue weighted by Crippen LogP contribution is 2.21. The predicted molar refractivity (Wildman–Crippen MR) is 84.2 cm³/mol. The Bertz CT molecular complexity index is 729. The maximum absolute atomic E-state index is 11.9. The maximum atomic E-state index is 11.9. The van der Waals surface area contributed by atoms with Crippen LogP contribution in [-0.2, 0) is 4.79 Å². The molecule has 2 rings (SSSR count). The number of carbonyl (C=O) groups excluding carboxylic acids is 1. The highest BCUT2D eigenvalue weighted by molar-refractivity contribution is 7.99. The maximum Gasteiger partial charge on any atom is 0.253 e. The molecule has 0 spiro atoms. The van der Waals surface area contributed by atoms with E-state index in [-0.39, 0.29) is 23.0 Å².